The first-order valence-electron chi connectivity index (χ1n) is 11.0. The number of ether oxygens (including phenoxy) is 3. The van der Waals surface area contributed by atoms with Crippen LogP contribution in [-0.2, 0) is 10.0 Å². The van der Waals surface area contributed by atoms with Gasteiger partial charge in [0.05, 0.1) is 4.90 Å². The molecule has 34 heavy (non-hydrogen) atoms. The molecule has 3 aromatic carbocycles. The number of carbonyl (C=O) groups is 1. The fourth-order valence-electron chi connectivity index (χ4n) is 3.94. The van der Waals surface area contributed by atoms with E-state index in [9.17, 15) is 13.2 Å². The van der Waals surface area contributed by atoms with Crippen molar-refractivity contribution >= 4 is 15.9 Å². The summed E-state index contributed by atoms with van der Waals surface area (Å²) in [6.45, 7) is 1.89. The maximum Gasteiger partial charge on any atom is 0.253 e. The van der Waals surface area contributed by atoms with Crippen molar-refractivity contribution in [2.24, 2.45) is 0 Å². The number of sulfonamides is 1. The minimum atomic E-state index is -3.70. The van der Waals surface area contributed by atoms with Crippen LogP contribution in [0.15, 0.2) is 77.7 Å². The second kappa shape index (κ2) is 9.36. The molecule has 1 saturated heterocycles. The molecule has 0 N–H and O–H groups in total. The van der Waals surface area contributed by atoms with Gasteiger partial charge in [0.15, 0.2) is 11.5 Å². The number of hydrogen-bond donors (Lipinski definition) is 0. The lowest BCUT2D eigenvalue weighted by atomic mass is 10.2. The first kappa shape index (κ1) is 22.2. The van der Waals surface area contributed by atoms with Gasteiger partial charge in [-0.1, -0.05) is 18.2 Å². The Morgan fingerprint density at radius 1 is 0.765 bits per heavy atom. The molecule has 2 aliphatic heterocycles. The molecular formula is C25H24N2O6S. The third-order valence-electron chi connectivity index (χ3n) is 5.76. The van der Waals surface area contributed by atoms with E-state index < -0.39 is 10.0 Å². The van der Waals surface area contributed by atoms with Crippen LogP contribution in [-0.4, -0.2) is 62.9 Å². The van der Waals surface area contributed by atoms with Crippen LogP contribution in [0.1, 0.15) is 10.4 Å². The van der Waals surface area contributed by atoms with E-state index in [1.54, 1.807) is 35.2 Å². The number of nitrogens with zero attached hydrogens (tertiary/aromatic N) is 2. The molecule has 2 heterocycles. The number of rotatable bonds is 5. The molecule has 0 unspecified atom stereocenters. The number of para-hydroxylation sites is 1. The summed E-state index contributed by atoms with van der Waals surface area (Å²) in [4.78, 5) is 14.8. The fourth-order valence-corrected chi connectivity index (χ4v) is 5.38. The van der Waals surface area contributed by atoms with Gasteiger partial charge in [0.25, 0.3) is 5.91 Å². The third-order valence-corrected chi connectivity index (χ3v) is 7.65. The van der Waals surface area contributed by atoms with Crippen molar-refractivity contribution < 1.29 is 27.4 Å². The second-order valence-corrected chi connectivity index (χ2v) is 9.88. The quantitative estimate of drug-likeness (QED) is 0.557. The van der Waals surface area contributed by atoms with Gasteiger partial charge < -0.3 is 19.1 Å². The van der Waals surface area contributed by atoms with Crippen LogP contribution < -0.4 is 14.2 Å². The van der Waals surface area contributed by atoms with Gasteiger partial charge >= 0.3 is 0 Å². The van der Waals surface area contributed by atoms with E-state index in [1.807, 2.05) is 30.3 Å². The van der Waals surface area contributed by atoms with Gasteiger partial charge in [0.1, 0.15) is 24.7 Å². The summed E-state index contributed by atoms with van der Waals surface area (Å²) in [5, 5.41) is 0. The van der Waals surface area contributed by atoms with Crippen molar-refractivity contribution in [3.05, 3.63) is 78.4 Å². The van der Waals surface area contributed by atoms with Crippen molar-refractivity contribution in [1.82, 2.24) is 9.21 Å². The number of amides is 1. The highest BCUT2D eigenvalue weighted by Crippen LogP contribution is 2.33. The summed E-state index contributed by atoms with van der Waals surface area (Å²) in [6, 6.07) is 21.0. The zero-order valence-corrected chi connectivity index (χ0v) is 19.2. The molecule has 5 rings (SSSR count). The van der Waals surface area contributed by atoms with Crippen LogP contribution >= 0.6 is 0 Å². The SMILES string of the molecule is O=C(c1ccc(Oc2ccccc2)cc1)N1CCN(S(=O)(=O)c2ccc3c(c2)OCCO3)CC1. The predicted octanol–water partition coefficient (Wildman–Crippen LogP) is 3.40. The average molecular weight is 481 g/mol. The van der Waals surface area contributed by atoms with Gasteiger partial charge in [-0.25, -0.2) is 8.42 Å². The predicted molar refractivity (Wildman–Crippen MR) is 125 cm³/mol. The smallest absolute Gasteiger partial charge is 0.253 e. The molecule has 1 fully saturated rings. The third kappa shape index (κ3) is 4.57. The van der Waals surface area contributed by atoms with E-state index in [-0.39, 0.29) is 23.9 Å². The highest BCUT2D eigenvalue weighted by atomic mass is 32.2. The van der Waals surface area contributed by atoms with Crippen molar-refractivity contribution in [3.8, 4) is 23.0 Å². The molecule has 0 atom stereocenters. The number of fused-ring (bicyclic) bond motifs is 1. The lowest BCUT2D eigenvalue weighted by Gasteiger charge is -2.34. The molecule has 0 spiro atoms. The number of piperazine rings is 1. The van der Waals surface area contributed by atoms with Crippen LogP contribution in [0.25, 0.3) is 0 Å². The highest BCUT2D eigenvalue weighted by Gasteiger charge is 2.31. The largest absolute Gasteiger partial charge is 0.486 e. The monoisotopic (exact) mass is 480 g/mol. The Morgan fingerprint density at radius 3 is 2.12 bits per heavy atom. The minimum Gasteiger partial charge on any atom is -0.486 e. The van der Waals surface area contributed by atoms with Crippen LogP contribution in [0, 0.1) is 0 Å². The Labute approximate surface area is 198 Å². The van der Waals surface area contributed by atoms with Crippen LogP contribution in [0.3, 0.4) is 0 Å². The van der Waals surface area contributed by atoms with Crippen LogP contribution in [0.2, 0.25) is 0 Å². The lowest BCUT2D eigenvalue weighted by Crippen LogP contribution is -2.50. The summed E-state index contributed by atoms with van der Waals surface area (Å²) in [5.41, 5.74) is 0.531. The number of hydrogen-bond acceptors (Lipinski definition) is 6. The van der Waals surface area contributed by atoms with Crippen molar-refractivity contribution in [2.75, 3.05) is 39.4 Å². The molecule has 2 aliphatic rings. The Kier molecular flexibility index (Phi) is 6.12. The number of benzene rings is 3. The van der Waals surface area contributed by atoms with Gasteiger partial charge in [0, 0.05) is 37.8 Å². The molecule has 3 aromatic rings. The molecule has 0 aliphatic carbocycles. The van der Waals surface area contributed by atoms with Gasteiger partial charge in [0.2, 0.25) is 10.0 Å². The molecule has 9 heteroatoms. The van der Waals surface area contributed by atoms with Gasteiger partial charge in [-0.3, -0.25) is 4.79 Å². The molecular weight excluding hydrogens is 456 g/mol. The van der Waals surface area contributed by atoms with Crippen molar-refractivity contribution in [3.63, 3.8) is 0 Å². The average Bonchev–Trinajstić information content (AvgIpc) is 2.89. The lowest BCUT2D eigenvalue weighted by molar-refractivity contribution is 0.0698. The number of carbonyl (C=O) groups excluding carboxylic acids is 1. The fraction of sp³-hybridized carbons (Fsp3) is 0.240. The molecule has 0 aromatic heterocycles. The normalized spacial score (nSPS) is 16.2. The zero-order valence-electron chi connectivity index (χ0n) is 18.4. The van der Waals surface area contributed by atoms with Crippen LogP contribution in [0.4, 0.5) is 0 Å². The zero-order chi connectivity index (χ0) is 23.5. The summed E-state index contributed by atoms with van der Waals surface area (Å²) in [7, 11) is -3.70. The van der Waals surface area contributed by atoms with Gasteiger partial charge in [-0.05, 0) is 48.5 Å². The van der Waals surface area contributed by atoms with Crippen LogP contribution in [0.5, 0.6) is 23.0 Å². The van der Waals surface area contributed by atoms with Crippen molar-refractivity contribution in [2.45, 2.75) is 4.90 Å². The molecule has 1 amide bonds. The summed E-state index contributed by atoms with van der Waals surface area (Å²) >= 11 is 0. The standard InChI is InChI=1S/C25H24N2O6S/c28-25(19-6-8-21(9-7-19)33-20-4-2-1-3-5-20)26-12-14-27(15-13-26)34(29,30)22-10-11-23-24(18-22)32-17-16-31-23/h1-11,18H,12-17H2. The van der Waals surface area contributed by atoms with E-state index in [0.717, 1.165) is 5.75 Å². The molecule has 8 nitrogen and oxygen atoms in total. The maximum atomic E-state index is 13.1. The minimum absolute atomic E-state index is 0.136. The summed E-state index contributed by atoms with van der Waals surface area (Å²) in [6.07, 6.45) is 0. The molecule has 0 bridgehead atoms. The van der Waals surface area contributed by atoms with Crippen molar-refractivity contribution in [1.29, 1.82) is 0 Å². The van der Waals surface area contributed by atoms with E-state index in [2.05, 4.69) is 0 Å². The molecule has 0 saturated carbocycles. The molecule has 176 valence electrons. The topological polar surface area (TPSA) is 85.4 Å². The van der Waals surface area contributed by atoms with E-state index in [4.69, 9.17) is 14.2 Å². The van der Waals surface area contributed by atoms with E-state index in [0.29, 0.717) is 49.1 Å². The Balaban J connectivity index is 1.21. The van der Waals surface area contributed by atoms with Gasteiger partial charge in [-0.15, -0.1) is 0 Å². The van der Waals surface area contributed by atoms with E-state index in [1.165, 1.54) is 16.4 Å². The first-order valence-corrected chi connectivity index (χ1v) is 12.5. The van der Waals surface area contributed by atoms with E-state index >= 15 is 0 Å². The summed E-state index contributed by atoms with van der Waals surface area (Å²) in [5.74, 6) is 2.19. The van der Waals surface area contributed by atoms with Gasteiger partial charge in [-0.2, -0.15) is 4.31 Å². The first-order chi connectivity index (χ1) is 16.5. The summed E-state index contributed by atoms with van der Waals surface area (Å²) < 4.78 is 44.4. The Morgan fingerprint density at radius 2 is 1.41 bits per heavy atom. The Hall–Kier alpha value is -3.56. The second-order valence-electron chi connectivity index (χ2n) is 7.94. The molecule has 0 radical (unpaired) electrons. The Bertz CT molecular complexity index is 1270. The maximum absolute atomic E-state index is 13.1. The highest BCUT2D eigenvalue weighted by molar-refractivity contribution is 7.89.